The molecule has 0 fully saturated rings. The number of rotatable bonds is 7. The Labute approximate surface area is 117 Å². The fourth-order valence-electron chi connectivity index (χ4n) is 1.74. The van der Waals surface area contributed by atoms with Gasteiger partial charge >= 0.3 is 0 Å². The van der Waals surface area contributed by atoms with Crippen molar-refractivity contribution in [2.75, 3.05) is 13.2 Å². The van der Waals surface area contributed by atoms with Gasteiger partial charge in [-0.2, -0.15) is 0 Å². The molecular formula is C15H17N3O2. The number of carbonyl (C=O) groups excluding carboxylic acids is 1. The molecule has 5 heteroatoms. The molecule has 1 amide bonds. The minimum atomic E-state index is -0.537. The minimum Gasteiger partial charge on any atom is -0.476 e. The third-order valence-electron chi connectivity index (χ3n) is 2.73. The van der Waals surface area contributed by atoms with Gasteiger partial charge in [-0.15, -0.1) is 0 Å². The average molecular weight is 271 g/mol. The van der Waals surface area contributed by atoms with E-state index in [1.54, 1.807) is 18.3 Å². The lowest BCUT2D eigenvalue weighted by atomic mass is 10.2. The molecule has 0 unspecified atom stereocenters. The number of pyridine rings is 1. The van der Waals surface area contributed by atoms with Crippen molar-refractivity contribution in [3.05, 3.63) is 59.8 Å². The molecule has 0 saturated heterocycles. The van der Waals surface area contributed by atoms with Crippen LogP contribution in [0, 0.1) is 0 Å². The molecular weight excluding hydrogens is 254 g/mol. The lowest BCUT2D eigenvalue weighted by Crippen LogP contribution is -2.22. The summed E-state index contributed by atoms with van der Waals surface area (Å²) >= 11 is 0. The van der Waals surface area contributed by atoms with E-state index in [9.17, 15) is 4.79 Å². The molecule has 2 aromatic rings. The Morgan fingerprint density at radius 1 is 1.20 bits per heavy atom. The van der Waals surface area contributed by atoms with E-state index < -0.39 is 5.91 Å². The molecule has 0 radical (unpaired) electrons. The highest BCUT2D eigenvalue weighted by molar-refractivity contribution is 5.94. The van der Waals surface area contributed by atoms with E-state index in [2.05, 4.69) is 22.4 Å². The lowest BCUT2D eigenvalue weighted by Gasteiger charge is -2.09. The van der Waals surface area contributed by atoms with Gasteiger partial charge in [-0.25, -0.2) is 4.98 Å². The average Bonchev–Trinajstić information content (AvgIpc) is 2.48. The van der Waals surface area contributed by atoms with Crippen LogP contribution in [0.2, 0.25) is 0 Å². The molecule has 20 heavy (non-hydrogen) atoms. The summed E-state index contributed by atoms with van der Waals surface area (Å²) in [6, 6.07) is 13.3. The summed E-state index contributed by atoms with van der Waals surface area (Å²) < 4.78 is 5.46. The zero-order valence-electron chi connectivity index (χ0n) is 11.1. The number of primary amides is 1. The van der Waals surface area contributed by atoms with Crippen LogP contribution in [0.5, 0.6) is 5.88 Å². The maximum Gasteiger partial charge on any atom is 0.254 e. The molecule has 1 aromatic carbocycles. The zero-order chi connectivity index (χ0) is 14.2. The van der Waals surface area contributed by atoms with E-state index in [0.29, 0.717) is 18.7 Å². The van der Waals surface area contributed by atoms with Crippen molar-refractivity contribution in [2.24, 2.45) is 5.73 Å². The Morgan fingerprint density at radius 2 is 2.00 bits per heavy atom. The summed E-state index contributed by atoms with van der Waals surface area (Å²) in [5, 5.41) is 3.25. The van der Waals surface area contributed by atoms with E-state index >= 15 is 0 Å². The van der Waals surface area contributed by atoms with E-state index in [1.165, 1.54) is 5.56 Å². The van der Waals surface area contributed by atoms with Crippen LogP contribution in [0.1, 0.15) is 15.9 Å². The summed E-state index contributed by atoms with van der Waals surface area (Å²) in [6.45, 7) is 1.85. The molecule has 0 spiro atoms. The van der Waals surface area contributed by atoms with Crippen molar-refractivity contribution < 1.29 is 9.53 Å². The molecule has 3 N–H and O–H groups in total. The van der Waals surface area contributed by atoms with Crippen LogP contribution in [0.25, 0.3) is 0 Å². The molecule has 5 nitrogen and oxygen atoms in total. The topological polar surface area (TPSA) is 77.2 Å². The molecule has 0 bridgehead atoms. The first-order chi connectivity index (χ1) is 9.77. The number of ether oxygens (including phenoxy) is 1. The molecule has 1 heterocycles. The number of aromatic nitrogens is 1. The van der Waals surface area contributed by atoms with Crippen LogP contribution in [-0.4, -0.2) is 24.0 Å². The highest BCUT2D eigenvalue weighted by Crippen LogP contribution is 2.12. The van der Waals surface area contributed by atoms with Gasteiger partial charge in [-0.3, -0.25) is 4.79 Å². The predicted molar refractivity (Wildman–Crippen MR) is 76.4 cm³/mol. The van der Waals surface area contributed by atoms with Gasteiger partial charge in [0.25, 0.3) is 5.91 Å². The second kappa shape index (κ2) is 7.25. The van der Waals surface area contributed by atoms with E-state index in [-0.39, 0.29) is 5.88 Å². The molecule has 0 aliphatic heterocycles. The number of carbonyl (C=O) groups is 1. The van der Waals surface area contributed by atoms with Crippen molar-refractivity contribution in [1.29, 1.82) is 0 Å². The van der Waals surface area contributed by atoms with Crippen LogP contribution < -0.4 is 15.8 Å². The molecule has 0 aliphatic carbocycles. The lowest BCUT2D eigenvalue weighted by molar-refractivity contribution is 0.0995. The van der Waals surface area contributed by atoms with Gasteiger partial charge in [0.2, 0.25) is 5.88 Å². The number of nitrogens with zero attached hydrogens (tertiary/aromatic N) is 1. The zero-order valence-corrected chi connectivity index (χ0v) is 11.1. The van der Waals surface area contributed by atoms with Gasteiger partial charge in [-0.05, 0) is 17.7 Å². The first-order valence-corrected chi connectivity index (χ1v) is 6.39. The Balaban J connectivity index is 1.75. The third kappa shape index (κ3) is 4.07. The highest BCUT2D eigenvalue weighted by atomic mass is 16.5. The first kappa shape index (κ1) is 14.0. The van der Waals surface area contributed by atoms with Crippen LogP contribution >= 0.6 is 0 Å². The summed E-state index contributed by atoms with van der Waals surface area (Å²) in [7, 11) is 0. The van der Waals surface area contributed by atoms with Gasteiger partial charge in [0.15, 0.2) is 0 Å². The number of hydrogen-bond donors (Lipinski definition) is 2. The van der Waals surface area contributed by atoms with Gasteiger partial charge in [0.05, 0.1) is 0 Å². The largest absolute Gasteiger partial charge is 0.476 e. The maximum absolute atomic E-state index is 11.2. The van der Waals surface area contributed by atoms with Crippen LogP contribution in [-0.2, 0) is 6.54 Å². The number of hydrogen-bond acceptors (Lipinski definition) is 4. The van der Waals surface area contributed by atoms with Crippen molar-refractivity contribution in [3.8, 4) is 5.88 Å². The monoisotopic (exact) mass is 271 g/mol. The van der Waals surface area contributed by atoms with Crippen LogP contribution in [0.15, 0.2) is 48.7 Å². The van der Waals surface area contributed by atoms with Gasteiger partial charge in [0, 0.05) is 19.3 Å². The molecule has 1 aromatic heterocycles. The Hall–Kier alpha value is -2.40. The van der Waals surface area contributed by atoms with Crippen molar-refractivity contribution in [1.82, 2.24) is 10.3 Å². The predicted octanol–water partition coefficient (Wildman–Crippen LogP) is 1.35. The summed E-state index contributed by atoms with van der Waals surface area (Å²) in [4.78, 5) is 15.2. The normalized spacial score (nSPS) is 10.2. The Kier molecular flexibility index (Phi) is 5.08. The van der Waals surface area contributed by atoms with E-state index in [4.69, 9.17) is 10.5 Å². The number of amides is 1. The molecule has 0 atom stereocenters. The number of nitrogens with one attached hydrogen (secondary N) is 1. The fourth-order valence-corrected chi connectivity index (χ4v) is 1.74. The van der Waals surface area contributed by atoms with Gasteiger partial charge in [-0.1, -0.05) is 30.3 Å². The second-order valence-corrected chi connectivity index (χ2v) is 4.23. The number of benzene rings is 1. The van der Waals surface area contributed by atoms with Crippen LogP contribution in [0.3, 0.4) is 0 Å². The van der Waals surface area contributed by atoms with Gasteiger partial charge < -0.3 is 15.8 Å². The van der Waals surface area contributed by atoms with Crippen molar-refractivity contribution >= 4 is 5.91 Å². The SMILES string of the molecule is NC(=O)c1cccnc1OCCNCc1ccccc1. The highest BCUT2D eigenvalue weighted by Gasteiger charge is 2.09. The second-order valence-electron chi connectivity index (χ2n) is 4.23. The Morgan fingerprint density at radius 3 is 2.75 bits per heavy atom. The number of nitrogens with two attached hydrogens (primary N) is 1. The van der Waals surface area contributed by atoms with E-state index in [1.807, 2.05) is 18.2 Å². The summed E-state index contributed by atoms with van der Waals surface area (Å²) in [5.41, 5.74) is 6.76. The van der Waals surface area contributed by atoms with Gasteiger partial charge in [0.1, 0.15) is 12.2 Å². The molecule has 2 rings (SSSR count). The summed E-state index contributed by atoms with van der Waals surface area (Å²) in [6.07, 6.45) is 1.57. The first-order valence-electron chi connectivity index (χ1n) is 6.39. The molecule has 104 valence electrons. The van der Waals surface area contributed by atoms with Crippen LogP contribution in [0.4, 0.5) is 0 Å². The summed E-state index contributed by atoms with van der Waals surface area (Å²) in [5.74, 6) is -0.258. The molecule has 0 saturated carbocycles. The smallest absolute Gasteiger partial charge is 0.254 e. The fraction of sp³-hybridized carbons (Fsp3) is 0.200. The Bertz CT molecular complexity index is 558. The standard InChI is InChI=1S/C15H17N3O2/c16-14(19)13-7-4-8-18-15(13)20-10-9-17-11-12-5-2-1-3-6-12/h1-8,17H,9-11H2,(H2,16,19). The van der Waals surface area contributed by atoms with Crippen molar-refractivity contribution in [3.63, 3.8) is 0 Å². The maximum atomic E-state index is 11.2. The quantitative estimate of drug-likeness (QED) is 0.745. The minimum absolute atomic E-state index is 0.279. The molecule has 0 aliphatic rings. The van der Waals surface area contributed by atoms with Crippen molar-refractivity contribution in [2.45, 2.75) is 6.54 Å². The van der Waals surface area contributed by atoms with E-state index in [0.717, 1.165) is 6.54 Å². The third-order valence-corrected chi connectivity index (χ3v) is 2.73.